The lowest BCUT2D eigenvalue weighted by Crippen LogP contribution is -2.29. The molecule has 1 aromatic carbocycles. The Hall–Kier alpha value is -1.22. The van der Waals surface area contributed by atoms with Crippen molar-refractivity contribution in [2.24, 2.45) is 0 Å². The van der Waals surface area contributed by atoms with Gasteiger partial charge in [-0.1, -0.05) is 6.07 Å². The molecule has 0 radical (unpaired) electrons. The van der Waals surface area contributed by atoms with Crippen LogP contribution in [0.15, 0.2) is 18.2 Å². The second-order valence-corrected chi connectivity index (χ2v) is 3.68. The van der Waals surface area contributed by atoms with E-state index in [1.54, 1.807) is 12.1 Å². The summed E-state index contributed by atoms with van der Waals surface area (Å²) in [5.74, 6) is 1.40. The minimum Gasteiger partial charge on any atom is -0.508 e. The van der Waals surface area contributed by atoms with E-state index in [1.807, 2.05) is 13.1 Å². The maximum absolute atomic E-state index is 9.74. The largest absolute Gasteiger partial charge is 0.508 e. The van der Waals surface area contributed by atoms with Crippen molar-refractivity contribution < 1.29 is 9.84 Å². The summed E-state index contributed by atoms with van der Waals surface area (Å²) in [5, 5.41) is 12.9. The molecular weight excluding hydrogens is 178 g/mol. The molecule has 0 spiro atoms. The van der Waals surface area contributed by atoms with Gasteiger partial charge in [0, 0.05) is 17.5 Å². The number of benzene rings is 1. The first-order chi connectivity index (χ1) is 6.74. The van der Waals surface area contributed by atoms with Crippen LogP contribution in [0.25, 0.3) is 0 Å². The summed E-state index contributed by atoms with van der Waals surface area (Å²) in [4.78, 5) is 0. The summed E-state index contributed by atoms with van der Waals surface area (Å²) in [7, 11) is 1.92. The van der Waals surface area contributed by atoms with Crippen molar-refractivity contribution >= 4 is 0 Å². The number of nitrogens with one attached hydrogen (secondary N) is 1. The third kappa shape index (κ3) is 1.34. The predicted octanol–water partition coefficient (Wildman–Crippen LogP) is 1.48. The van der Waals surface area contributed by atoms with Crippen molar-refractivity contribution in [3.63, 3.8) is 0 Å². The van der Waals surface area contributed by atoms with Crippen molar-refractivity contribution in [2.75, 3.05) is 13.7 Å². The lowest BCUT2D eigenvalue weighted by Gasteiger charge is -2.17. The van der Waals surface area contributed by atoms with E-state index in [0.717, 1.165) is 11.3 Å². The van der Waals surface area contributed by atoms with E-state index < -0.39 is 0 Å². The van der Waals surface area contributed by atoms with Crippen LogP contribution in [0, 0.1) is 0 Å². The lowest BCUT2D eigenvalue weighted by atomic mass is 9.94. The summed E-state index contributed by atoms with van der Waals surface area (Å²) in [6.07, 6.45) is 0. The van der Waals surface area contributed by atoms with Gasteiger partial charge in [0.25, 0.3) is 0 Å². The molecule has 3 nitrogen and oxygen atoms in total. The third-order valence-electron chi connectivity index (χ3n) is 2.89. The maximum Gasteiger partial charge on any atom is 0.126 e. The fourth-order valence-electron chi connectivity index (χ4n) is 1.89. The van der Waals surface area contributed by atoms with Crippen LogP contribution in [0.5, 0.6) is 11.5 Å². The Morgan fingerprint density at radius 1 is 1.57 bits per heavy atom. The SMILES string of the molecule is CNC(C)C1COc2cccc(O)c21. The van der Waals surface area contributed by atoms with Crippen LogP contribution in [0.4, 0.5) is 0 Å². The quantitative estimate of drug-likeness (QED) is 0.747. The number of fused-ring (bicyclic) bond motifs is 1. The van der Waals surface area contributed by atoms with Gasteiger partial charge in [-0.25, -0.2) is 0 Å². The number of ether oxygens (including phenoxy) is 1. The van der Waals surface area contributed by atoms with Gasteiger partial charge in [-0.2, -0.15) is 0 Å². The molecule has 0 fully saturated rings. The summed E-state index contributed by atoms with van der Waals surface area (Å²) in [6.45, 7) is 2.74. The zero-order valence-electron chi connectivity index (χ0n) is 8.45. The van der Waals surface area contributed by atoms with E-state index in [0.29, 0.717) is 18.4 Å². The highest BCUT2D eigenvalue weighted by molar-refractivity contribution is 5.49. The monoisotopic (exact) mass is 193 g/mol. The molecule has 0 saturated heterocycles. The number of aromatic hydroxyl groups is 1. The highest BCUT2D eigenvalue weighted by atomic mass is 16.5. The number of rotatable bonds is 2. The molecule has 14 heavy (non-hydrogen) atoms. The molecule has 1 aliphatic rings. The Kier molecular flexibility index (Phi) is 2.33. The molecule has 2 rings (SSSR count). The minimum absolute atomic E-state index is 0.246. The van der Waals surface area contributed by atoms with Crippen molar-refractivity contribution in [2.45, 2.75) is 18.9 Å². The highest BCUT2D eigenvalue weighted by Crippen LogP contribution is 2.41. The Labute approximate surface area is 83.7 Å². The second kappa shape index (κ2) is 3.50. The first-order valence-corrected chi connectivity index (χ1v) is 4.86. The molecule has 0 saturated carbocycles. The van der Waals surface area contributed by atoms with Gasteiger partial charge in [0.1, 0.15) is 11.5 Å². The molecule has 0 amide bonds. The molecule has 0 bridgehead atoms. The minimum atomic E-state index is 0.246. The van der Waals surface area contributed by atoms with Crippen molar-refractivity contribution in [1.29, 1.82) is 0 Å². The van der Waals surface area contributed by atoms with Crippen molar-refractivity contribution in [1.82, 2.24) is 5.32 Å². The van der Waals surface area contributed by atoms with E-state index in [2.05, 4.69) is 12.2 Å². The maximum atomic E-state index is 9.74. The van der Waals surface area contributed by atoms with Gasteiger partial charge in [-0.05, 0) is 26.1 Å². The molecule has 2 N–H and O–H groups in total. The molecule has 0 aromatic heterocycles. The van der Waals surface area contributed by atoms with Crippen LogP contribution in [0.1, 0.15) is 18.4 Å². The molecule has 2 unspecified atom stereocenters. The fraction of sp³-hybridized carbons (Fsp3) is 0.455. The zero-order chi connectivity index (χ0) is 10.1. The average Bonchev–Trinajstić information content (AvgIpc) is 2.62. The van der Waals surface area contributed by atoms with Crippen LogP contribution in [0.2, 0.25) is 0 Å². The van der Waals surface area contributed by atoms with Gasteiger partial charge in [-0.15, -0.1) is 0 Å². The summed E-state index contributed by atoms with van der Waals surface area (Å²) >= 11 is 0. The molecule has 1 aromatic rings. The molecule has 3 heteroatoms. The summed E-state index contributed by atoms with van der Waals surface area (Å²) in [5.41, 5.74) is 0.939. The van der Waals surface area contributed by atoms with Crippen molar-refractivity contribution in [3.8, 4) is 11.5 Å². The van der Waals surface area contributed by atoms with E-state index in [1.165, 1.54) is 0 Å². The lowest BCUT2D eigenvalue weighted by molar-refractivity contribution is 0.308. The van der Waals surface area contributed by atoms with Crippen LogP contribution in [0.3, 0.4) is 0 Å². The molecule has 1 heterocycles. The van der Waals surface area contributed by atoms with Gasteiger partial charge in [0.2, 0.25) is 0 Å². The topological polar surface area (TPSA) is 41.5 Å². The number of phenols is 1. The van der Waals surface area contributed by atoms with Crippen LogP contribution in [-0.4, -0.2) is 24.8 Å². The average molecular weight is 193 g/mol. The van der Waals surface area contributed by atoms with Gasteiger partial charge < -0.3 is 15.2 Å². The van der Waals surface area contributed by atoms with Crippen molar-refractivity contribution in [3.05, 3.63) is 23.8 Å². The van der Waals surface area contributed by atoms with Gasteiger partial charge in [-0.3, -0.25) is 0 Å². The Bertz CT molecular complexity index is 338. The van der Waals surface area contributed by atoms with Crippen LogP contribution >= 0.6 is 0 Å². The van der Waals surface area contributed by atoms with Crippen LogP contribution in [-0.2, 0) is 0 Å². The number of hydrogen-bond donors (Lipinski definition) is 2. The Morgan fingerprint density at radius 3 is 3.07 bits per heavy atom. The van der Waals surface area contributed by atoms with E-state index in [-0.39, 0.29) is 5.92 Å². The molecule has 2 atom stereocenters. The smallest absolute Gasteiger partial charge is 0.126 e. The number of likely N-dealkylation sites (N-methyl/N-ethyl adjacent to an activating group) is 1. The first kappa shape index (κ1) is 9.34. The standard InChI is InChI=1S/C11H15NO2/c1-7(12-2)8-6-14-10-5-3-4-9(13)11(8)10/h3-5,7-8,12-13H,6H2,1-2H3. The number of phenolic OH excluding ortho intramolecular Hbond substituents is 1. The zero-order valence-corrected chi connectivity index (χ0v) is 8.45. The second-order valence-electron chi connectivity index (χ2n) is 3.68. The molecular formula is C11H15NO2. The van der Waals surface area contributed by atoms with E-state index in [9.17, 15) is 5.11 Å². The van der Waals surface area contributed by atoms with E-state index in [4.69, 9.17) is 4.74 Å². The van der Waals surface area contributed by atoms with Gasteiger partial charge in [0.15, 0.2) is 0 Å². The summed E-state index contributed by atoms with van der Waals surface area (Å²) in [6, 6.07) is 5.73. The summed E-state index contributed by atoms with van der Waals surface area (Å²) < 4.78 is 5.51. The molecule has 1 aliphatic heterocycles. The van der Waals surface area contributed by atoms with E-state index >= 15 is 0 Å². The fourth-order valence-corrected chi connectivity index (χ4v) is 1.89. The van der Waals surface area contributed by atoms with Gasteiger partial charge in [0.05, 0.1) is 6.61 Å². The Balaban J connectivity index is 2.38. The molecule has 76 valence electrons. The normalized spacial score (nSPS) is 21.4. The highest BCUT2D eigenvalue weighted by Gasteiger charge is 2.30. The Morgan fingerprint density at radius 2 is 2.36 bits per heavy atom. The van der Waals surface area contributed by atoms with Crippen LogP contribution < -0.4 is 10.1 Å². The predicted molar refractivity (Wildman–Crippen MR) is 54.9 cm³/mol. The number of hydrogen-bond acceptors (Lipinski definition) is 3. The molecule has 0 aliphatic carbocycles. The first-order valence-electron chi connectivity index (χ1n) is 4.86. The van der Waals surface area contributed by atoms with Gasteiger partial charge >= 0.3 is 0 Å². The third-order valence-corrected chi connectivity index (χ3v) is 2.89.